The van der Waals surface area contributed by atoms with Gasteiger partial charge in [-0.15, -0.1) is 0 Å². The first-order valence-electron chi connectivity index (χ1n) is 3.44. The Hall–Kier alpha value is -1.00. The van der Waals surface area contributed by atoms with Crippen LogP contribution in [0.2, 0.25) is 0 Å². The zero-order chi connectivity index (χ0) is 8.23. The molecule has 2 aromatic heterocycles. The molecule has 0 radical (unpaired) electrons. The Balaban J connectivity index is 2.14. The highest BCUT2D eigenvalue weighted by Gasteiger charge is 1.89. The second-order valence-corrected chi connectivity index (χ2v) is 3.89. The van der Waals surface area contributed by atoms with E-state index in [1.807, 2.05) is 24.3 Å². The molecule has 0 spiro atoms. The second-order valence-electron chi connectivity index (χ2n) is 2.16. The number of rotatable bonds is 2. The van der Waals surface area contributed by atoms with Crippen LogP contribution in [0.4, 0.5) is 0 Å². The maximum atomic E-state index is 4.00. The summed E-state index contributed by atoms with van der Waals surface area (Å²) in [6, 6.07) is 3.98. The second kappa shape index (κ2) is 3.60. The zero-order valence-electron chi connectivity index (χ0n) is 6.18. The molecule has 0 unspecified atom stereocenters. The van der Waals surface area contributed by atoms with Gasteiger partial charge in [0.1, 0.15) is 0 Å². The normalized spacial score (nSPS) is 11.0. The molecule has 2 aromatic rings. The lowest BCUT2D eigenvalue weighted by Gasteiger charge is -1.80. The number of aromatic nitrogens is 2. The third kappa shape index (κ3) is 1.78. The van der Waals surface area contributed by atoms with Gasteiger partial charge in [0.2, 0.25) is 0 Å². The van der Waals surface area contributed by atoms with Crippen molar-refractivity contribution in [3.63, 3.8) is 0 Å². The lowest BCUT2D eigenvalue weighted by atomic mass is 10.4. The largest absolute Gasteiger partial charge is 0.201 e. The van der Waals surface area contributed by atoms with Crippen LogP contribution in [0.25, 0.3) is 12.2 Å². The molecule has 60 valence electrons. The van der Waals surface area contributed by atoms with Crippen molar-refractivity contribution in [1.29, 1.82) is 0 Å². The number of nitrogens with zero attached hydrogens (tertiary/aromatic N) is 2. The van der Waals surface area contributed by atoms with Crippen molar-refractivity contribution in [3.8, 4) is 0 Å². The lowest BCUT2D eigenvalue weighted by molar-refractivity contribution is 1.58. The van der Waals surface area contributed by atoms with Gasteiger partial charge in [0.05, 0.1) is 0 Å². The third-order valence-electron chi connectivity index (χ3n) is 1.33. The zero-order valence-corrected chi connectivity index (χ0v) is 7.81. The molecular formula is C8H6N2S2. The monoisotopic (exact) mass is 194 g/mol. The highest BCUT2D eigenvalue weighted by atomic mass is 32.1. The lowest BCUT2D eigenvalue weighted by Crippen LogP contribution is -1.57. The number of hydrogen-bond donors (Lipinski definition) is 0. The van der Waals surface area contributed by atoms with Gasteiger partial charge < -0.3 is 0 Å². The summed E-state index contributed by atoms with van der Waals surface area (Å²) in [5.74, 6) is 0. The van der Waals surface area contributed by atoms with Gasteiger partial charge >= 0.3 is 0 Å². The first kappa shape index (κ1) is 7.64. The minimum Gasteiger partial charge on any atom is -0.201 e. The van der Waals surface area contributed by atoms with Crippen LogP contribution in [0, 0.1) is 0 Å². The van der Waals surface area contributed by atoms with Gasteiger partial charge in [-0.3, -0.25) is 0 Å². The fourth-order valence-electron chi connectivity index (χ4n) is 0.787. The van der Waals surface area contributed by atoms with Crippen molar-refractivity contribution in [2.24, 2.45) is 0 Å². The van der Waals surface area contributed by atoms with Crippen molar-refractivity contribution >= 4 is 35.2 Å². The van der Waals surface area contributed by atoms with Gasteiger partial charge in [0.15, 0.2) is 0 Å². The van der Waals surface area contributed by atoms with E-state index in [0.717, 1.165) is 0 Å². The highest BCUT2D eigenvalue weighted by molar-refractivity contribution is 7.07. The van der Waals surface area contributed by atoms with Gasteiger partial charge in [-0.2, -0.15) is 0 Å². The molecular weight excluding hydrogens is 188 g/mol. The molecule has 12 heavy (non-hydrogen) atoms. The van der Waals surface area contributed by atoms with Crippen molar-refractivity contribution in [2.45, 2.75) is 0 Å². The Morgan fingerprint density at radius 2 is 1.42 bits per heavy atom. The molecule has 0 bridgehead atoms. The molecule has 0 saturated heterocycles. The minimum atomic E-state index is 1.17. The maximum Gasteiger partial charge on any atom is 0.0477 e. The molecule has 0 N–H and O–H groups in total. The van der Waals surface area contributed by atoms with Crippen molar-refractivity contribution in [1.82, 2.24) is 8.75 Å². The minimum absolute atomic E-state index is 1.17. The fourth-order valence-corrected chi connectivity index (χ4v) is 1.78. The standard InChI is InChI=1S/C8H6N2S2/c1(7-3-5-9-11-7)2-8-4-6-10-12-8/h1-6H/b2-1+. The van der Waals surface area contributed by atoms with E-state index in [4.69, 9.17) is 0 Å². The van der Waals surface area contributed by atoms with Crippen LogP contribution in [-0.2, 0) is 0 Å². The summed E-state index contributed by atoms with van der Waals surface area (Å²) in [4.78, 5) is 2.34. The van der Waals surface area contributed by atoms with E-state index in [2.05, 4.69) is 8.75 Å². The van der Waals surface area contributed by atoms with E-state index < -0.39 is 0 Å². The smallest absolute Gasteiger partial charge is 0.0477 e. The van der Waals surface area contributed by atoms with Crippen LogP contribution in [0.3, 0.4) is 0 Å². The van der Waals surface area contributed by atoms with Crippen LogP contribution >= 0.6 is 23.1 Å². The van der Waals surface area contributed by atoms with Crippen LogP contribution < -0.4 is 0 Å². The Morgan fingerprint density at radius 1 is 0.917 bits per heavy atom. The Labute approximate surface area is 78.5 Å². The molecule has 4 heteroatoms. The van der Waals surface area contributed by atoms with Gasteiger partial charge in [-0.05, 0) is 47.3 Å². The van der Waals surface area contributed by atoms with Crippen LogP contribution in [-0.4, -0.2) is 8.75 Å². The van der Waals surface area contributed by atoms with E-state index in [9.17, 15) is 0 Å². The van der Waals surface area contributed by atoms with Crippen molar-refractivity contribution < 1.29 is 0 Å². The molecule has 0 atom stereocenters. The number of hydrogen-bond acceptors (Lipinski definition) is 4. The molecule has 2 heterocycles. The first-order valence-corrected chi connectivity index (χ1v) is 4.99. The van der Waals surface area contributed by atoms with Gasteiger partial charge in [-0.25, -0.2) is 8.75 Å². The molecule has 0 saturated carbocycles. The van der Waals surface area contributed by atoms with E-state index in [0.29, 0.717) is 0 Å². The Bertz CT molecular complexity index is 312. The summed E-state index contributed by atoms with van der Waals surface area (Å²) in [6.45, 7) is 0. The Morgan fingerprint density at radius 3 is 1.75 bits per heavy atom. The fraction of sp³-hybridized carbons (Fsp3) is 0. The Kier molecular flexibility index (Phi) is 2.29. The van der Waals surface area contributed by atoms with Crippen molar-refractivity contribution in [3.05, 3.63) is 34.3 Å². The molecule has 0 aliphatic heterocycles. The molecule has 2 rings (SSSR count). The predicted molar refractivity (Wildman–Crippen MR) is 53.2 cm³/mol. The summed E-state index contributed by atoms with van der Waals surface area (Å²) >= 11 is 2.98. The highest BCUT2D eigenvalue weighted by Crippen LogP contribution is 2.12. The molecule has 0 aromatic carbocycles. The first-order chi connectivity index (χ1) is 5.95. The summed E-state index contributed by atoms with van der Waals surface area (Å²) in [5.41, 5.74) is 0. The van der Waals surface area contributed by atoms with E-state index in [-0.39, 0.29) is 0 Å². The molecule has 0 fully saturated rings. The molecule has 0 amide bonds. The van der Waals surface area contributed by atoms with E-state index in [1.165, 1.54) is 32.8 Å². The molecule has 0 aliphatic carbocycles. The summed E-state index contributed by atoms with van der Waals surface area (Å²) in [6.07, 6.45) is 7.70. The SMILES string of the molecule is C(=C\c1ccns1)/c1ccns1. The average Bonchev–Trinajstić information content (AvgIpc) is 2.74. The van der Waals surface area contributed by atoms with Crippen LogP contribution in [0.5, 0.6) is 0 Å². The maximum absolute atomic E-state index is 4.00. The van der Waals surface area contributed by atoms with Gasteiger partial charge in [0.25, 0.3) is 0 Å². The van der Waals surface area contributed by atoms with Crippen molar-refractivity contribution in [2.75, 3.05) is 0 Å². The summed E-state index contributed by atoms with van der Waals surface area (Å²) in [7, 11) is 0. The van der Waals surface area contributed by atoms with Crippen LogP contribution in [0.15, 0.2) is 24.5 Å². The third-order valence-corrected chi connectivity index (χ3v) is 2.75. The van der Waals surface area contributed by atoms with Gasteiger partial charge in [0, 0.05) is 22.1 Å². The topological polar surface area (TPSA) is 25.8 Å². The molecule has 2 nitrogen and oxygen atoms in total. The summed E-state index contributed by atoms with van der Waals surface area (Å²) < 4.78 is 8.00. The average molecular weight is 194 g/mol. The van der Waals surface area contributed by atoms with Gasteiger partial charge in [-0.1, -0.05) is 0 Å². The quantitative estimate of drug-likeness (QED) is 0.734. The predicted octanol–water partition coefficient (Wildman–Crippen LogP) is 2.77. The van der Waals surface area contributed by atoms with E-state index >= 15 is 0 Å². The van der Waals surface area contributed by atoms with Crippen LogP contribution in [0.1, 0.15) is 9.75 Å². The van der Waals surface area contributed by atoms with E-state index in [1.54, 1.807) is 12.4 Å². The molecule has 0 aliphatic rings. The summed E-state index contributed by atoms with van der Waals surface area (Å²) in [5, 5.41) is 0.